The van der Waals surface area contributed by atoms with Crippen molar-refractivity contribution in [1.82, 2.24) is 5.32 Å². The molecule has 0 atom stereocenters. The number of nitrogens with one attached hydrogen (secondary N) is 2. The molecule has 0 unspecified atom stereocenters. The molecule has 1 saturated carbocycles. The number of hydrogen-bond donors (Lipinski definition) is 2. The van der Waals surface area contributed by atoms with Gasteiger partial charge in [-0.15, -0.1) is 0 Å². The molecule has 0 aliphatic heterocycles. The van der Waals surface area contributed by atoms with Crippen molar-refractivity contribution in [2.75, 3.05) is 11.9 Å². The number of rotatable bonds is 4. The smallest absolute Gasteiger partial charge is 0.170 e. The van der Waals surface area contributed by atoms with Gasteiger partial charge in [0.2, 0.25) is 0 Å². The van der Waals surface area contributed by atoms with Crippen LogP contribution in [0.15, 0.2) is 30.3 Å². The molecule has 0 bridgehead atoms. The topological polar surface area (TPSA) is 24.1 Å². The molecule has 1 aliphatic rings. The van der Waals surface area contributed by atoms with Crippen LogP contribution in [0.1, 0.15) is 39.0 Å². The molecule has 1 aromatic carbocycles. The molecule has 0 heterocycles. The number of benzene rings is 1. The molecule has 0 aromatic heterocycles. The van der Waals surface area contributed by atoms with Gasteiger partial charge < -0.3 is 10.6 Å². The molecule has 0 spiro atoms. The first kappa shape index (κ1) is 13.3. The highest BCUT2D eigenvalue weighted by Gasteiger charge is 2.31. The number of thiocarbonyl (C=S) groups is 1. The van der Waals surface area contributed by atoms with Gasteiger partial charge in [0, 0.05) is 12.2 Å². The van der Waals surface area contributed by atoms with Crippen LogP contribution >= 0.6 is 12.2 Å². The molecule has 2 rings (SSSR count). The van der Waals surface area contributed by atoms with Crippen molar-refractivity contribution < 1.29 is 0 Å². The lowest BCUT2D eigenvalue weighted by Crippen LogP contribution is -2.37. The third kappa shape index (κ3) is 3.45. The number of anilines is 1. The van der Waals surface area contributed by atoms with Gasteiger partial charge in [0.25, 0.3) is 0 Å². The summed E-state index contributed by atoms with van der Waals surface area (Å²) in [7, 11) is 0. The normalized spacial score (nSPS) is 17.4. The van der Waals surface area contributed by atoms with E-state index in [9.17, 15) is 0 Å². The maximum Gasteiger partial charge on any atom is 0.170 e. The summed E-state index contributed by atoms with van der Waals surface area (Å²) in [5, 5.41) is 7.35. The standard InChI is InChI=1S/C15H22N2S/c1-2-15(10-6-7-11-15)12-16-14(18)17-13-8-4-3-5-9-13/h3-5,8-9H,2,6-7,10-12H2,1H3,(H2,16,17,18). The lowest BCUT2D eigenvalue weighted by Gasteiger charge is -2.28. The monoisotopic (exact) mass is 262 g/mol. The van der Waals surface area contributed by atoms with Gasteiger partial charge in [-0.05, 0) is 49.0 Å². The van der Waals surface area contributed by atoms with Crippen molar-refractivity contribution in [2.24, 2.45) is 5.41 Å². The lowest BCUT2D eigenvalue weighted by molar-refractivity contribution is 0.285. The van der Waals surface area contributed by atoms with E-state index >= 15 is 0 Å². The van der Waals surface area contributed by atoms with Crippen LogP contribution in [-0.4, -0.2) is 11.7 Å². The van der Waals surface area contributed by atoms with Gasteiger partial charge in [-0.1, -0.05) is 38.0 Å². The molecule has 0 amide bonds. The van der Waals surface area contributed by atoms with Crippen molar-refractivity contribution in [2.45, 2.75) is 39.0 Å². The van der Waals surface area contributed by atoms with Gasteiger partial charge in [-0.25, -0.2) is 0 Å². The Bertz CT molecular complexity index is 383. The second-order valence-corrected chi connectivity index (χ2v) is 5.64. The molecule has 1 aromatic rings. The molecule has 2 N–H and O–H groups in total. The third-order valence-corrected chi connectivity index (χ3v) is 4.32. The van der Waals surface area contributed by atoms with E-state index in [4.69, 9.17) is 12.2 Å². The fourth-order valence-corrected chi connectivity index (χ4v) is 2.93. The van der Waals surface area contributed by atoms with Gasteiger partial charge in [0.1, 0.15) is 0 Å². The van der Waals surface area contributed by atoms with E-state index in [1.165, 1.54) is 32.1 Å². The van der Waals surface area contributed by atoms with Crippen molar-refractivity contribution in [3.05, 3.63) is 30.3 Å². The Balaban J connectivity index is 1.81. The van der Waals surface area contributed by atoms with Crippen LogP contribution in [0.2, 0.25) is 0 Å². The highest BCUT2D eigenvalue weighted by Crippen LogP contribution is 2.40. The van der Waals surface area contributed by atoms with E-state index in [1.54, 1.807) is 0 Å². The molecule has 0 radical (unpaired) electrons. The first-order chi connectivity index (χ1) is 8.74. The zero-order chi connectivity index (χ0) is 12.8. The minimum atomic E-state index is 0.475. The predicted octanol–water partition coefficient (Wildman–Crippen LogP) is 3.94. The van der Waals surface area contributed by atoms with Crippen LogP contribution in [0.25, 0.3) is 0 Å². The largest absolute Gasteiger partial charge is 0.362 e. The Morgan fingerprint density at radius 1 is 1.22 bits per heavy atom. The molecule has 0 saturated heterocycles. The molecule has 1 fully saturated rings. The van der Waals surface area contributed by atoms with E-state index in [2.05, 4.69) is 17.6 Å². The minimum Gasteiger partial charge on any atom is -0.362 e. The number of para-hydroxylation sites is 1. The number of hydrogen-bond acceptors (Lipinski definition) is 1. The van der Waals surface area contributed by atoms with Gasteiger partial charge in [0.15, 0.2) is 5.11 Å². The molecule has 18 heavy (non-hydrogen) atoms. The molecule has 1 aliphatic carbocycles. The van der Waals surface area contributed by atoms with Crippen molar-refractivity contribution in [3.8, 4) is 0 Å². The van der Waals surface area contributed by atoms with E-state index in [0.29, 0.717) is 5.41 Å². The first-order valence-corrected chi connectivity index (χ1v) is 7.25. The van der Waals surface area contributed by atoms with E-state index < -0.39 is 0 Å². The van der Waals surface area contributed by atoms with Gasteiger partial charge in [0.05, 0.1) is 0 Å². The van der Waals surface area contributed by atoms with Crippen LogP contribution in [0.5, 0.6) is 0 Å². The maximum atomic E-state index is 5.35. The SMILES string of the molecule is CCC1(CNC(=S)Nc2ccccc2)CCCC1. The second kappa shape index (κ2) is 6.19. The Hall–Kier alpha value is -1.09. The van der Waals surface area contributed by atoms with Gasteiger partial charge in [-0.3, -0.25) is 0 Å². The summed E-state index contributed by atoms with van der Waals surface area (Å²) in [6.07, 6.45) is 6.66. The lowest BCUT2D eigenvalue weighted by atomic mass is 9.83. The zero-order valence-corrected chi connectivity index (χ0v) is 11.9. The molecule has 3 heteroatoms. The molecular formula is C15H22N2S. The molecule has 2 nitrogen and oxygen atoms in total. The third-order valence-electron chi connectivity index (χ3n) is 4.07. The fourth-order valence-electron chi connectivity index (χ4n) is 2.74. The van der Waals surface area contributed by atoms with Crippen molar-refractivity contribution >= 4 is 23.0 Å². The summed E-state index contributed by atoms with van der Waals surface area (Å²) in [5.74, 6) is 0. The average molecular weight is 262 g/mol. The highest BCUT2D eigenvalue weighted by molar-refractivity contribution is 7.80. The summed E-state index contributed by atoms with van der Waals surface area (Å²) >= 11 is 5.35. The van der Waals surface area contributed by atoms with Gasteiger partial charge in [-0.2, -0.15) is 0 Å². The van der Waals surface area contributed by atoms with Crippen LogP contribution in [0.3, 0.4) is 0 Å². The minimum absolute atomic E-state index is 0.475. The summed E-state index contributed by atoms with van der Waals surface area (Å²) in [4.78, 5) is 0. The Kier molecular flexibility index (Phi) is 4.59. The van der Waals surface area contributed by atoms with E-state index in [-0.39, 0.29) is 0 Å². The summed E-state index contributed by atoms with van der Waals surface area (Å²) < 4.78 is 0. The Labute approximate surface area is 115 Å². The van der Waals surface area contributed by atoms with Crippen LogP contribution in [-0.2, 0) is 0 Å². The fraction of sp³-hybridized carbons (Fsp3) is 0.533. The highest BCUT2D eigenvalue weighted by atomic mass is 32.1. The van der Waals surface area contributed by atoms with Crippen LogP contribution in [0, 0.1) is 5.41 Å². The van der Waals surface area contributed by atoms with Crippen molar-refractivity contribution in [3.63, 3.8) is 0 Å². The quantitative estimate of drug-likeness (QED) is 0.804. The summed E-state index contributed by atoms with van der Waals surface area (Å²) in [5.41, 5.74) is 1.52. The van der Waals surface area contributed by atoms with Crippen LogP contribution in [0.4, 0.5) is 5.69 Å². The second-order valence-electron chi connectivity index (χ2n) is 5.23. The molecule has 98 valence electrons. The van der Waals surface area contributed by atoms with Gasteiger partial charge >= 0.3 is 0 Å². The predicted molar refractivity (Wildman–Crippen MR) is 81.9 cm³/mol. The van der Waals surface area contributed by atoms with E-state index in [1.807, 2.05) is 30.3 Å². The summed E-state index contributed by atoms with van der Waals surface area (Å²) in [6, 6.07) is 10.1. The average Bonchev–Trinajstić information content (AvgIpc) is 2.87. The van der Waals surface area contributed by atoms with Crippen molar-refractivity contribution in [1.29, 1.82) is 0 Å². The Morgan fingerprint density at radius 3 is 2.50 bits per heavy atom. The first-order valence-electron chi connectivity index (χ1n) is 6.84. The molecular weight excluding hydrogens is 240 g/mol. The zero-order valence-electron chi connectivity index (χ0n) is 11.0. The summed E-state index contributed by atoms with van der Waals surface area (Å²) in [6.45, 7) is 3.29. The van der Waals surface area contributed by atoms with Crippen LogP contribution < -0.4 is 10.6 Å². The van der Waals surface area contributed by atoms with E-state index in [0.717, 1.165) is 17.3 Å². The Morgan fingerprint density at radius 2 is 1.89 bits per heavy atom. The maximum absolute atomic E-state index is 5.35.